The lowest BCUT2D eigenvalue weighted by atomic mass is 10.1. The van der Waals surface area contributed by atoms with Crippen LogP contribution in [0.4, 0.5) is 5.82 Å². The number of nitrogens with two attached hydrogens (primary N) is 1. The van der Waals surface area contributed by atoms with Crippen LogP contribution in [-0.2, 0) is 10.0 Å². The zero-order valence-corrected chi connectivity index (χ0v) is 14.1. The molecule has 0 unspecified atom stereocenters. The molecule has 0 bridgehead atoms. The lowest BCUT2D eigenvalue weighted by Gasteiger charge is -2.05. The average molecular weight is 343 g/mol. The fourth-order valence-corrected chi connectivity index (χ4v) is 3.44. The average Bonchev–Trinajstić information content (AvgIpc) is 2.98. The van der Waals surface area contributed by atoms with Gasteiger partial charge in [0.1, 0.15) is 5.75 Å². The third kappa shape index (κ3) is 2.85. The van der Waals surface area contributed by atoms with Crippen LogP contribution in [0.3, 0.4) is 0 Å². The van der Waals surface area contributed by atoms with Gasteiger partial charge in [-0.2, -0.15) is 12.5 Å². The summed E-state index contributed by atoms with van der Waals surface area (Å²) in [5.74, 6) is 0.741. The fraction of sp³-hybridized carbons (Fsp3) is 0.118. The molecule has 0 amide bonds. The molecule has 2 N–H and O–H groups in total. The Bertz CT molecular complexity index is 959. The molecule has 0 aliphatic rings. The Morgan fingerprint density at radius 2 is 1.67 bits per heavy atom. The van der Waals surface area contributed by atoms with E-state index in [0.717, 1.165) is 15.2 Å². The Hall–Kier alpha value is -2.80. The van der Waals surface area contributed by atoms with Crippen molar-refractivity contribution in [1.82, 2.24) is 9.19 Å². The van der Waals surface area contributed by atoms with Crippen LogP contribution in [0.5, 0.6) is 5.75 Å². The van der Waals surface area contributed by atoms with E-state index in [1.807, 2.05) is 31.2 Å². The van der Waals surface area contributed by atoms with E-state index in [0.29, 0.717) is 11.3 Å². The Labute approximate surface area is 140 Å². The molecular weight excluding hydrogens is 326 g/mol. The van der Waals surface area contributed by atoms with Crippen molar-refractivity contribution in [2.24, 2.45) is 0 Å². The molecule has 0 spiro atoms. The molecule has 0 atom stereocenters. The quantitative estimate of drug-likeness (QED) is 0.787. The van der Waals surface area contributed by atoms with Crippen molar-refractivity contribution in [1.29, 1.82) is 0 Å². The molecule has 0 aliphatic carbocycles. The van der Waals surface area contributed by atoms with E-state index in [-0.39, 0.29) is 10.7 Å². The highest BCUT2D eigenvalue weighted by Gasteiger charge is 2.20. The summed E-state index contributed by atoms with van der Waals surface area (Å²) < 4.78 is 31.3. The van der Waals surface area contributed by atoms with Crippen LogP contribution in [0, 0.1) is 6.92 Å². The molecule has 24 heavy (non-hydrogen) atoms. The number of methoxy groups -OCH3 is 1. The summed E-state index contributed by atoms with van der Waals surface area (Å²) in [5.41, 5.74) is 8.41. The maximum absolute atomic E-state index is 12.7. The number of hydrogen-bond donors (Lipinski definition) is 1. The highest BCUT2D eigenvalue weighted by atomic mass is 32.2. The summed E-state index contributed by atoms with van der Waals surface area (Å²) in [6, 6.07) is 13.7. The van der Waals surface area contributed by atoms with Crippen LogP contribution in [-0.4, -0.2) is 24.7 Å². The molecule has 3 aromatic rings. The van der Waals surface area contributed by atoms with Gasteiger partial charge in [0.2, 0.25) is 0 Å². The summed E-state index contributed by atoms with van der Waals surface area (Å²) in [5, 5.41) is 3.98. The fourth-order valence-electron chi connectivity index (χ4n) is 2.30. The Morgan fingerprint density at radius 1 is 1.04 bits per heavy atom. The van der Waals surface area contributed by atoms with Crippen molar-refractivity contribution >= 4 is 15.8 Å². The molecule has 124 valence electrons. The van der Waals surface area contributed by atoms with Gasteiger partial charge >= 0.3 is 0 Å². The zero-order valence-electron chi connectivity index (χ0n) is 13.3. The van der Waals surface area contributed by atoms with Gasteiger partial charge in [0, 0.05) is 5.56 Å². The van der Waals surface area contributed by atoms with Gasteiger partial charge in [0.25, 0.3) is 10.0 Å². The maximum atomic E-state index is 12.7. The highest BCUT2D eigenvalue weighted by molar-refractivity contribution is 7.89. The molecule has 0 radical (unpaired) electrons. The van der Waals surface area contributed by atoms with Crippen LogP contribution >= 0.6 is 0 Å². The van der Waals surface area contributed by atoms with Crippen molar-refractivity contribution < 1.29 is 13.2 Å². The van der Waals surface area contributed by atoms with Crippen molar-refractivity contribution in [3.63, 3.8) is 0 Å². The number of aryl methyl sites for hydroxylation is 1. The normalized spacial score (nSPS) is 11.4. The van der Waals surface area contributed by atoms with E-state index in [9.17, 15) is 8.42 Å². The van der Waals surface area contributed by atoms with E-state index < -0.39 is 10.0 Å². The lowest BCUT2D eigenvalue weighted by molar-refractivity contribution is 0.414. The molecule has 1 aromatic heterocycles. The van der Waals surface area contributed by atoms with Crippen molar-refractivity contribution in [2.75, 3.05) is 12.8 Å². The number of hydrogen-bond acceptors (Lipinski definition) is 5. The molecule has 6 nitrogen and oxygen atoms in total. The van der Waals surface area contributed by atoms with Gasteiger partial charge in [0.15, 0.2) is 5.82 Å². The number of nitrogen functional groups attached to an aromatic ring is 1. The number of aromatic nitrogens is 2. The van der Waals surface area contributed by atoms with E-state index in [2.05, 4.69) is 5.10 Å². The first-order valence-electron chi connectivity index (χ1n) is 7.23. The number of anilines is 1. The molecule has 0 aliphatic heterocycles. The van der Waals surface area contributed by atoms with Gasteiger partial charge in [-0.1, -0.05) is 29.8 Å². The first-order chi connectivity index (χ1) is 11.4. The zero-order chi connectivity index (χ0) is 17.3. The number of benzene rings is 2. The van der Waals surface area contributed by atoms with E-state index in [1.54, 1.807) is 12.1 Å². The second kappa shape index (κ2) is 6.01. The van der Waals surface area contributed by atoms with E-state index >= 15 is 0 Å². The van der Waals surface area contributed by atoms with Gasteiger partial charge in [0.05, 0.1) is 18.2 Å². The molecule has 7 heteroatoms. The van der Waals surface area contributed by atoms with E-state index in [1.165, 1.54) is 25.4 Å². The van der Waals surface area contributed by atoms with E-state index in [4.69, 9.17) is 10.5 Å². The third-order valence-corrected chi connectivity index (χ3v) is 5.24. The first-order valence-corrected chi connectivity index (χ1v) is 8.67. The predicted molar refractivity (Wildman–Crippen MR) is 92.4 cm³/mol. The lowest BCUT2D eigenvalue weighted by Crippen LogP contribution is -2.13. The van der Waals surface area contributed by atoms with Crippen molar-refractivity contribution in [2.45, 2.75) is 11.8 Å². The summed E-state index contributed by atoms with van der Waals surface area (Å²) in [4.78, 5) is 0.112. The Kier molecular flexibility index (Phi) is 4.02. The van der Waals surface area contributed by atoms with Gasteiger partial charge in [-0.05, 0) is 36.8 Å². The largest absolute Gasteiger partial charge is 0.497 e. The smallest absolute Gasteiger partial charge is 0.283 e. The maximum Gasteiger partial charge on any atom is 0.283 e. The van der Waals surface area contributed by atoms with Gasteiger partial charge in [-0.25, -0.2) is 0 Å². The second-order valence-electron chi connectivity index (χ2n) is 5.35. The summed E-state index contributed by atoms with van der Waals surface area (Å²) in [6.07, 6.45) is 1.43. The van der Waals surface area contributed by atoms with Gasteiger partial charge in [-0.3, -0.25) is 0 Å². The van der Waals surface area contributed by atoms with Gasteiger partial charge < -0.3 is 10.5 Å². The molecule has 3 rings (SSSR count). The third-order valence-electron chi connectivity index (χ3n) is 3.69. The Balaban J connectivity index is 2.02. The first kappa shape index (κ1) is 16.1. The number of rotatable bonds is 4. The minimum absolute atomic E-state index is 0.112. The monoisotopic (exact) mass is 343 g/mol. The second-order valence-corrected chi connectivity index (χ2v) is 7.14. The minimum atomic E-state index is -3.81. The Morgan fingerprint density at radius 3 is 2.25 bits per heavy atom. The number of ether oxygens (including phenoxy) is 1. The number of nitrogens with zero attached hydrogens (tertiary/aromatic N) is 2. The molecule has 2 aromatic carbocycles. The highest BCUT2D eigenvalue weighted by Crippen LogP contribution is 2.27. The standard InChI is InChI=1S/C17H17N3O3S/c1-12-3-5-13(6-4-12)16-11-20(19-17(16)18)24(21,22)15-9-7-14(23-2)8-10-15/h3-11H,1-2H3,(H2,18,19). The molecule has 0 saturated carbocycles. The van der Waals surface area contributed by atoms with Crippen LogP contribution in [0.25, 0.3) is 11.1 Å². The molecular formula is C17H17N3O3S. The summed E-state index contributed by atoms with van der Waals surface area (Å²) in [7, 11) is -2.29. The van der Waals surface area contributed by atoms with Crippen LogP contribution < -0.4 is 10.5 Å². The predicted octanol–water partition coefficient (Wildman–Crippen LogP) is 2.69. The van der Waals surface area contributed by atoms with Gasteiger partial charge in [-0.15, -0.1) is 5.10 Å². The SMILES string of the molecule is COc1ccc(S(=O)(=O)n2cc(-c3ccc(C)cc3)c(N)n2)cc1. The summed E-state index contributed by atoms with van der Waals surface area (Å²) in [6.45, 7) is 1.98. The summed E-state index contributed by atoms with van der Waals surface area (Å²) >= 11 is 0. The van der Waals surface area contributed by atoms with Crippen molar-refractivity contribution in [3.8, 4) is 16.9 Å². The topological polar surface area (TPSA) is 87.2 Å². The van der Waals surface area contributed by atoms with Crippen molar-refractivity contribution in [3.05, 3.63) is 60.3 Å². The van der Waals surface area contributed by atoms with Crippen LogP contribution in [0.15, 0.2) is 59.6 Å². The molecule has 0 fully saturated rings. The minimum Gasteiger partial charge on any atom is -0.497 e. The molecule has 1 heterocycles. The van der Waals surface area contributed by atoms with Crippen LogP contribution in [0.1, 0.15) is 5.56 Å². The van der Waals surface area contributed by atoms with Crippen LogP contribution in [0.2, 0.25) is 0 Å². The molecule has 0 saturated heterocycles.